The van der Waals surface area contributed by atoms with E-state index in [2.05, 4.69) is 57.8 Å². The van der Waals surface area contributed by atoms with Crippen molar-refractivity contribution in [3.63, 3.8) is 0 Å². The Bertz CT molecular complexity index is 2650. The Morgan fingerprint density at radius 1 is 0.600 bits per heavy atom. The first-order chi connectivity index (χ1) is 24.5. The quantitative estimate of drug-likeness (QED) is 0.108. The zero-order chi connectivity index (χ0) is 34.0. The van der Waals surface area contributed by atoms with E-state index in [0.29, 0.717) is 34.8 Å². The fraction of sp³-hybridized carbons (Fsp3) is 0.0526. The third kappa shape index (κ3) is 5.92. The van der Waals surface area contributed by atoms with Crippen LogP contribution in [0.1, 0.15) is 26.3 Å². The lowest BCUT2D eigenvalue weighted by Gasteiger charge is -2.05. The SMILES string of the molecule is O=C(NCCc1ccccc1)c1ccc2nc(-c3n[nH]c4ccccc34)[nH]c2c1.O=C(O)c1ccc2nc(-c3n[nH]c4ccccc34)[nH]c2c1. The molecule has 0 aliphatic rings. The molecule has 12 heteroatoms. The summed E-state index contributed by atoms with van der Waals surface area (Å²) in [6.45, 7) is 0.592. The highest BCUT2D eigenvalue weighted by Gasteiger charge is 2.15. The fourth-order valence-corrected chi connectivity index (χ4v) is 5.87. The van der Waals surface area contributed by atoms with Crippen molar-refractivity contribution >= 4 is 55.7 Å². The van der Waals surface area contributed by atoms with Gasteiger partial charge >= 0.3 is 5.97 Å². The van der Waals surface area contributed by atoms with Crippen LogP contribution in [0.15, 0.2) is 115 Å². The van der Waals surface area contributed by atoms with Crippen molar-refractivity contribution in [3.8, 4) is 23.0 Å². The zero-order valence-corrected chi connectivity index (χ0v) is 26.4. The van der Waals surface area contributed by atoms with E-state index >= 15 is 0 Å². The average Bonchev–Trinajstić information content (AvgIpc) is 3.95. The van der Waals surface area contributed by atoms with Crippen molar-refractivity contribution in [3.05, 3.63) is 132 Å². The normalized spacial score (nSPS) is 11.2. The van der Waals surface area contributed by atoms with Gasteiger partial charge in [-0.3, -0.25) is 15.0 Å². The molecule has 0 spiro atoms. The molecule has 244 valence electrons. The number of hydrogen-bond acceptors (Lipinski definition) is 6. The molecule has 4 aromatic heterocycles. The van der Waals surface area contributed by atoms with Gasteiger partial charge in [-0.1, -0.05) is 66.7 Å². The third-order valence-electron chi connectivity index (χ3n) is 8.40. The van der Waals surface area contributed by atoms with E-state index in [1.165, 1.54) is 11.6 Å². The van der Waals surface area contributed by atoms with Crippen molar-refractivity contribution in [1.29, 1.82) is 0 Å². The predicted molar refractivity (Wildman–Crippen MR) is 192 cm³/mol. The molecule has 9 aromatic rings. The van der Waals surface area contributed by atoms with E-state index in [0.717, 1.165) is 50.6 Å². The lowest BCUT2D eigenvalue weighted by atomic mass is 10.1. The number of H-pyrrole nitrogens is 4. The van der Waals surface area contributed by atoms with Gasteiger partial charge in [0.15, 0.2) is 11.6 Å². The summed E-state index contributed by atoms with van der Waals surface area (Å²) in [5, 5.41) is 28.6. The molecule has 5 aromatic carbocycles. The van der Waals surface area contributed by atoms with E-state index in [4.69, 9.17) is 5.11 Å². The van der Waals surface area contributed by atoms with E-state index in [-0.39, 0.29) is 11.5 Å². The second kappa shape index (κ2) is 12.8. The molecule has 0 saturated carbocycles. The number of aromatic carboxylic acids is 1. The lowest BCUT2D eigenvalue weighted by Crippen LogP contribution is -2.25. The fourth-order valence-electron chi connectivity index (χ4n) is 5.87. The minimum absolute atomic E-state index is 0.0933. The van der Waals surface area contributed by atoms with Crippen molar-refractivity contribution < 1.29 is 14.7 Å². The number of benzene rings is 5. The van der Waals surface area contributed by atoms with Gasteiger partial charge in [0.2, 0.25) is 0 Å². The topological polar surface area (TPSA) is 181 Å². The van der Waals surface area contributed by atoms with Gasteiger partial charge < -0.3 is 20.4 Å². The predicted octanol–water partition coefficient (Wildman–Crippen LogP) is 6.88. The number of nitrogens with one attached hydrogen (secondary N) is 5. The molecule has 1 amide bonds. The number of para-hydroxylation sites is 2. The number of fused-ring (bicyclic) bond motifs is 4. The molecule has 0 aliphatic heterocycles. The zero-order valence-electron chi connectivity index (χ0n) is 26.4. The minimum Gasteiger partial charge on any atom is -0.478 e. The molecule has 0 radical (unpaired) electrons. The van der Waals surface area contributed by atoms with Crippen LogP contribution in [-0.2, 0) is 6.42 Å². The van der Waals surface area contributed by atoms with Gasteiger partial charge in [-0.2, -0.15) is 10.2 Å². The van der Waals surface area contributed by atoms with Gasteiger partial charge in [-0.05, 0) is 60.5 Å². The maximum absolute atomic E-state index is 12.5. The van der Waals surface area contributed by atoms with Crippen LogP contribution in [0.3, 0.4) is 0 Å². The minimum atomic E-state index is -0.960. The monoisotopic (exact) mass is 659 g/mol. The van der Waals surface area contributed by atoms with Gasteiger partial charge in [0, 0.05) is 22.9 Å². The highest BCUT2D eigenvalue weighted by atomic mass is 16.4. The summed E-state index contributed by atoms with van der Waals surface area (Å²) in [5.74, 6) is 0.242. The molecule has 9 rings (SSSR count). The Hall–Kier alpha value is -7.08. The summed E-state index contributed by atoms with van der Waals surface area (Å²) >= 11 is 0. The summed E-state index contributed by atoms with van der Waals surface area (Å²) in [4.78, 5) is 39.1. The van der Waals surface area contributed by atoms with Crippen LogP contribution in [0.25, 0.3) is 66.9 Å². The van der Waals surface area contributed by atoms with Crippen molar-refractivity contribution in [2.24, 2.45) is 0 Å². The van der Waals surface area contributed by atoms with E-state index in [9.17, 15) is 9.59 Å². The number of nitrogens with zero attached hydrogens (tertiary/aromatic N) is 4. The molecular weight excluding hydrogens is 630 g/mol. The Labute approximate surface area is 283 Å². The van der Waals surface area contributed by atoms with Crippen molar-refractivity contribution in [1.82, 2.24) is 45.6 Å². The van der Waals surface area contributed by atoms with E-state index < -0.39 is 5.97 Å². The summed E-state index contributed by atoms with van der Waals surface area (Å²) in [7, 11) is 0. The van der Waals surface area contributed by atoms with Crippen LogP contribution in [-0.4, -0.2) is 63.9 Å². The molecule has 0 fully saturated rings. The van der Waals surface area contributed by atoms with Gasteiger partial charge in [-0.25, -0.2) is 14.8 Å². The highest BCUT2D eigenvalue weighted by molar-refractivity contribution is 5.99. The molecule has 12 nitrogen and oxygen atoms in total. The standard InChI is InChI=1S/C23H19N5O.C15H10N4O2/c29-23(24-13-12-15-6-2-1-3-7-15)16-10-11-19-20(14-16)26-22(25-19)21-17-8-4-5-9-18(17)27-28-21;20-15(21)8-5-6-11-12(7-8)17-14(16-11)13-9-3-1-2-4-10(9)18-19-13/h1-11,14H,12-13H2,(H,24,29)(H,25,26)(H,27,28);1-7H,(H,16,17)(H,18,19)(H,20,21). The Balaban J connectivity index is 0.000000152. The first-order valence-electron chi connectivity index (χ1n) is 15.9. The second-order valence-corrected chi connectivity index (χ2v) is 11.7. The van der Waals surface area contributed by atoms with Crippen LogP contribution >= 0.6 is 0 Å². The molecule has 4 heterocycles. The number of rotatable bonds is 7. The summed E-state index contributed by atoms with van der Waals surface area (Å²) < 4.78 is 0. The number of carboxylic acids is 1. The largest absolute Gasteiger partial charge is 0.478 e. The number of amides is 1. The van der Waals surface area contributed by atoms with Crippen LogP contribution < -0.4 is 5.32 Å². The molecule has 6 N–H and O–H groups in total. The lowest BCUT2D eigenvalue weighted by molar-refractivity contribution is 0.0696. The Morgan fingerprint density at radius 2 is 1.12 bits per heavy atom. The molecule has 0 bridgehead atoms. The maximum atomic E-state index is 12.5. The molecule has 50 heavy (non-hydrogen) atoms. The maximum Gasteiger partial charge on any atom is 0.335 e. The number of carbonyl (C=O) groups excluding carboxylic acids is 1. The first-order valence-corrected chi connectivity index (χ1v) is 15.9. The molecule has 0 aliphatic carbocycles. The Kier molecular flexibility index (Phi) is 7.78. The smallest absolute Gasteiger partial charge is 0.335 e. The molecule has 0 unspecified atom stereocenters. The summed E-state index contributed by atoms with van der Waals surface area (Å²) in [5.41, 5.74) is 8.41. The number of hydrogen-bond donors (Lipinski definition) is 6. The van der Waals surface area contributed by atoms with Crippen molar-refractivity contribution in [2.45, 2.75) is 6.42 Å². The number of aromatic amines is 4. The van der Waals surface area contributed by atoms with Crippen LogP contribution in [0.2, 0.25) is 0 Å². The number of imidazole rings is 2. The third-order valence-corrected chi connectivity index (χ3v) is 8.40. The first kappa shape index (κ1) is 30.3. The molecule has 0 saturated heterocycles. The van der Waals surface area contributed by atoms with Gasteiger partial charge in [-0.15, -0.1) is 0 Å². The van der Waals surface area contributed by atoms with E-state index in [1.807, 2.05) is 78.9 Å². The highest BCUT2D eigenvalue weighted by Crippen LogP contribution is 2.27. The second-order valence-electron chi connectivity index (χ2n) is 11.7. The van der Waals surface area contributed by atoms with Crippen LogP contribution in [0, 0.1) is 0 Å². The van der Waals surface area contributed by atoms with Gasteiger partial charge in [0.1, 0.15) is 11.4 Å². The molecular formula is C38H29N9O3. The van der Waals surface area contributed by atoms with Gasteiger partial charge in [0.25, 0.3) is 5.91 Å². The van der Waals surface area contributed by atoms with Gasteiger partial charge in [0.05, 0.1) is 38.7 Å². The average molecular weight is 660 g/mol. The van der Waals surface area contributed by atoms with Crippen molar-refractivity contribution in [2.75, 3.05) is 6.54 Å². The number of aromatic nitrogens is 8. The van der Waals surface area contributed by atoms with Crippen LogP contribution in [0.5, 0.6) is 0 Å². The molecule has 0 atom stereocenters. The van der Waals surface area contributed by atoms with Crippen LogP contribution in [0.4, 0.5) is 0 Å². The summed E-state index contributed by atoms with van der Waals surface area (Å²) in [6.07, 6.45) is 0.801. The Morgan fingerprint density at radius 3 is 1.70 bits per heavy atom. The number of carboxylic acid groups (broad SMARTS) is 1. The summed E-state index contributed by atoms with van der Waals surface area (Å²) in [6, 6.07) is 36.1. The number of carbonyl (C=O) groups is 2. The van der Waals surface area contributed by atoms with E-state index in [1.54, 1.807) is 18.2 Å².